The Labute approximate surface area is 72.7 Å². The van der Waals surface area contributed by atoms with Gasteiger partial charge in [-0.2, -0.15) is 5.10 Å². The van der Waals surface area contributed by atoms with Crippen molar-refractivity contribution in [2.24, 2.45) is 0 Å². The maximum atomic E-state index is 12.7. The lowest BCUT2D eigenvalue weighted by Crippen LogP contribution is -2.26. The van der Waals surface area contributed by atoms with Gasteiger partial charge >= 0.3 is 5.97 Å². The Balaban J connectivity index is 2.33. The number of carbonyl (C=O) groups is 1. The molecule has 0 aromatic carbocycles. The molecule has 0 saturated heterocycles. The minimum Gasteiger partial charge on any atom is -0.476 e. The average molecular weight is 186 g/mol. The van der Waals surface area contributed by atoms with Crippen molar-refractivity contribution in [3.8, 4) is 5.88 Å². The fourth-order valence-corrected chi connectivity index (χ4v) is 1.17. The van der Waals surface area contributed by atoms with Gasteiger partial charge in [-0.25, -0.2) is 13.9 Å². The minimum absolute atomic E-state index is 0.0370. The van der Waals surface area contributed by atoms with Crippen LogP contribution in [0.5, 0.6) is 5.88 Å². The third kappa shape index (κ3) is 1.34. The Morgan fingerprint density at radius 2 is 2.62 bits per heavy atom. The molecule has 5 nitrogen and oxygen atoms in total. The van der Waals surface area contributed by atoms with Gasteiger partial charge in [-0.15, -0.1) is 0 Å². The van der Waals surface area contributed by atoms with Crippen molar-refractivity contribution in [1.82, 2.24) is 9.78 Å². The van der Waals surface area contributed by atoms with Gasteiger partial charge in [0.15, 0.2) is 11.9 Å². The fraction of sp³-hybridized carbons (Fsp3) is 0.429. The lowest BCUT2D eigenvalue weighted by molar-refractivity contribution is 0.0688. The van der Waals surface area contributed by atoms with Crippen LogP contribution >= 0.6 is 0 Å². The summed E-state index contributed by atoms with van der Waals surface area (Å²) in [4.78, 5) is 10.5. The van der Waals surface area contributed by atoms with Crippen molar-refractivity contribution in [3.05, 3.63) is 11.8 Å². The molecule has 2 rings (SSSR count). The van der Waals surface area contributed by atoms with Crippen molar-refractivity contribution in [2.75, 3.05) is 6.61 Å². The van der Waals surface area contributed by atoms with Gasteiger partial charge in [-0.05, 0) is 0 Å². The van der Waals surface area contributed by atoms with Crippen molar-refractivity contribution < 1.29 is 19.0 Å². The van der Waals surface area contributed by atoms with E-state index >= 15 is 0 Å². The second kappa shape index (κ2) is 2.72. The molecule has 0 radical (unpaired) electrons. The van der Waals surface area contributed by atoms with Gasteiger partial charge in [0.05, 0.1) is 6.54 Å². The van der Waals surface area contributed by atoms with Crippen LogP contribution in [-0.2, 0) is 6.54 Å². The van der Waals surface area contributed by atoms with E-state index in [1.807, 2.05) is 0 Å². The largest absolute Gasteiger partial charge is 0.476 e. The summed E-state index contributed by atoms with van der Waals surface area (Å²) in [7, 11) is 0. The third-order valence-corrected chi connectivity index (χ3v) is 1.75. The van der Waals surface area contributed by atoms with E-state index in [4.69, 9.17) is 9.84 Å². The summed E-state index contributed by atoms with van der Waals surface area (Å²) >= 11 is 0. The van der Waals surface area contributed by atoms with E-state index in [0.29, 0.717) is 5.88 Å². The normalized spacial score (nSPS) is 20.5. The van der Waals surface area contributed by atoms with Crippen molar-refractivity contribution in [1.29, 1.82) is 0 Å². The molecule has 1 aromatic heterocycles. The van der Waals surface area contributed by atoms with Crippen LogP contribution in [0.25, 0.3) is 0 Å². The number of halogens is 1. The molecule has 0 amide bonds. The van der Waals surface area contributed by atoms with Gasteiger partial charge in [0.25, 0.3) is 0 Å². The molecular weight excluding hydrogens is 179 g/mol. The van der Waals surface area contributed by atoms with E-state index in [1.165, 1.54) is 10.7 Å². The highest BCUT2D eigenvalue weighted by molar-refractivity contribution is 5.85. The van der Waals surface area contributed by atoms with E-state index in [9.17, 15) is 9.18 Å². The van der Waals surface area contributed by atoms with Crippen molar-refractivity contribution in [2.45, 2.75) is 12.7 Å². The number of carboxylic acids is 1. The molecule has 1 atom stereocenters. The zero-order valence-electron chi connectivity index (χ0n) is 6.61. The standard InChI is InChI=1S/C7H7FN2O3/c8-4-2-10-6(13-3-4)1-5(9-10)7(11)12/h1,4H,2-3H2,(H,11,12). The number of fused-ring (bicyclic) bond motifs is 1. The maximum Gasteiger partial charge on any atom is 0.356 e. The molecular formula is C7H7FN2O3. The van der Waals surface area contributed by atoms with E-state index in [2.05, 4.69) is 5.10 Å². The molecule has 70 valence electrons. The number of aromatic nitrogens is 2. The number of alkyl halides is 1. The van der Waals surface area contributed by atoms with Crippen LogP contribution in [0, 0.1) is 0 Å². The third-order valence-electron chi connectivity index (χ3n) is 1.75. The number of carboxylic acid groups (broad SMARTS) is 1. The van der Waals surface area contributed by atoms with E-state index in [-0.39, 0.29) is 18.8 Å². The van der Waals surface area contributed by atoms with Crippen molar-refractivity contribution in [3.63, 3.8) is 0 Å². The molecule has 1 aliphatic heterocycles. The topological polar surface area (TPSA) is 64.3 Å². The summed E-state index contributed by atoms with van der Waals surface area (Å²) in [5, 5.41) is 12.2. The highest BCUT2D eigenvalue weighted by atomic mass is 19.1. The summed E-state index contributed by atoms with van der Waals surface area (Å²) in [5.74, 6) is -0.827. The molecule has 0 fully saturated rings. The molecule has 0 saturated carbocycles. The lowest BCUT2D eigenvalue weighted by atomic mass is 10.4. The number of nitrogens with zero attached hydrogens (tertiary/aromatic N) is 2. The predicted octanol–water partition coefficient (Wildman–Crippen LogP) is 0.312. The summed E-state index contributed by atoms with van der Waals surface area (Å²) in [6.45, 7) is 0.0212. The Kier molecular flexibility index (Phi) is 1.68. The zero-order chi connectivity index (χ0) is 9.42. The van der Waals surface area contributed by atoms with E-state index in [0.717, 1.165) is 0 Å². The first-order valence-corrected chi connectivity index (χ1v) is 3.75. The number of ether oxygens (including phenoxy) is 1. The monoisotopic (exact) mass is 186 g/mol. The van der Waals surface area contributed by atoms with Crippen LogP contribution in [0.2, 0.25) is 0 Å². The van der Waals surface area contributed by atoms with Gasteiger partial charge in [0.2, 0.25) is 5.88 Å². The molecule has 0 bridgehead atoms. The molecule has 0 aliphatic carbocycles. The summed E-state index contributed by atoms with van der Waals surface area (Å²) in [5.41, 5.74) is -0.121. The molecule has 1 aliphatic rings. The first kappa shape index (κ1) is 8.03. The van der Waals surface area contributed by atoms with Gasteiger partial charge in [-0.3, -0.25) is 0 Å². The van der Waals surface area contributed by atoms with Crippen LogP contribution in [0.1, 0.15) is 10.5 Å². The lowest BCUT2D eigenvalue weighted by Gasteiger charge is -2.17. The Bertz CT molecular complexity index is 350. The van der Waals surface area contributed by atoms with Crippen molar-refractivity contribution >= 4 is 5.97 Å². The molecule has 13 heavy (non-hydrogen) atoms. The smallest absolute Gasteiger partial charge is 0.356 e. The highest BCUT2D eigenvalue weighted by Crippen LogP contribution is 2.19. The molecule has 1 aromatic rings. The predicted molar refractivity (Wildman–Crippen MR) is 39.6 cm³/mol. The zero-order valence-corrected chi connectivity index (χ0v) is 6.61. The number of hydrogen-bond acceptors (Lipinski definition) is 3. The second-order valence-electron chi connectivity index (χ2n) is 2.76. The first-order chi connectivity index (χ1) is 6.16. The van der Waals surface area contributed by atoms with Gasteiger partial charge in [0, 0.05) is 6.07 Å². The molecule has 6 heteroatoms. The Hall–Kier alpha value is -1.59. The highest BCUT2D eigenvalue weighted by Gasteiger charge is 2.22. The van der Waals surface area contributed by atoms with Gasteiger partial charge in [-0.1, -0.05) is 0 Å². The quantitative estimate of drug-likeness (QED) is 0.685. The Morgan fingerprint density at radius 1 is 1.85 bits per heavy atom. The Morgan fingerprint density at radius 3 is 3.31 bits per heavy atom. The average Bonchev–Trinajstić information content (AvgIpc) is 2.46. The number of hydrogen-bond donors (Lipinski definition) is 1. The summed E-state index contributed by atoms with van der Waals surface area (Å²) in [6, 6.07) is 1.29. The van der Waals surface area contributed by atoms with E-state index < -0.39 is 12.1 Å². The first-order valence-electron chi connectivity index (χ1n) is 3.75. The SMILES string of the molecule is O=C(O)c1cc2n(n1)CC(F)CO2. The van der Waals surface area contributed by atoms with Gasteiger partial charge < -0.3 is 9.84 Å². The second-order valence-corrected chi connectivity index (χ2v) is 2.76. The van der Waals surface area contributed by atoms with Crippen LogP contribution in [0.15, 0.2) is 6.07 Å². The molecule has 2 heterocycles. The van der Waals surface area contributed by atoms with Crippen LogP contribution in [0.4, 0.5) is 4.39 Å². The number of rotatable bonds is 1. The van der Waals surface area contributed by atoms with E-state index in [1.54, 1.807) is 0 Å². The summed E-state index contributed by atoms with van der Waals surface area (Å²) < 4.78 is 18.9. The molecule has 0 spiro atoms. The van der Waals surface area contributed by atoms with Crippen LogP contribution in [-0.4, -0.2) is 33.6 Å². The fourth-order valence-electron chi connectivity index (χ4n) is 1.17. The van der Waals surface area contributed by atoms with Gasteiger partial charge in [0.1, 0.15) is 6.61 Å². The van der Waals surface area contributed by atoms with Crippen LogP contribution in [0.3, 0.4) is 0 Å². The minimum atomic E-state index is -1.14. The summed E-state index contributed by atoms with van der Waals surface area (Å²) in [6.07, 6.45) is -1.12. The maximum absolute atomic E-state index is 12.7. The van der Waals surface area contributed by atoms with Crippen LogP contribution < -0.4 is 4.74 Å². The molecule has 1 unspecified atom stereocenters. The molecule has 1 N–H and O–H groups in total. The number of aromatic carboxylic acids is 1.